The maximum atomic E-state index is 12.9. The van der Waals surface area contributed by atoms with Crippen molar-refractivity contribution in [1.29, 1.82) is 5.26 Å². The molecule has 1 amide bonds. The lowest BCUT2D eigenvalue weighted by molar-refractivity contribution is -0.115. The molecule has 176 valence electrons. The standard InChI is InChI=1S/C26H28N4O2S2/c1-3-32-21-12-10-18(11-13-21)23-16-33-26(29-23)30-24(31)17(2)34-25-20(15-27)14-19-8-6-4-5-7-9-22(19)28-25/h10-14,16-17H,3-9H2,1-2H3,(H,29,30,31). The number of rotatable bonds is 7. The summed E-state index contributed by atoms with van der Waals surface area (Å²) in [7, 11) is 0. The first-order valence-electron chi connectivity index (χ1n) is 11.7. The first-order chi connectivity index (χ1) is 16.6. The van der Waals surface area contributed by atoms with Gasteiger partial charge in [-0.25, -0.2) is 9.97 Å². The van der Waals surface area contributed by atoms with E-state index in [1.807, 2.05) is 49.6 Å². The van der Waals surface area contributed by atoms with E-state index in [0.29, 0.717) is 22.3 Å². The Hall–Kier alpha value is -2.89. The predicted molar refractivity (Wildman–Crippen MR) is 137 cm³/mol. The molecule has 1 aromatic carbocycles. The third-order valence-corrected chi connectivity index (χ3v) is 7.60. The van der Waals surface area contributed by atoms with Crippen LogP contribution in [0.5, 0.6) is 5.75 Å². The number of hydrogen-bond donors (Lipinski definition) is 1. The smallest absolute Gasteiger partial charge is 0.239 e. The van der Waals surface area contributed by atoms with E-state index in [2.05, 4.69) is 16.4 Å². The minimum absolute atomic E-state index is 0.157. The molecule has 2 aromatic heterocycles. The number of ether oxygens (including phenoxy) is 1. The van der Waals surface area contributed by atoms with Gasteiger partial charge in [-0.15, -0.1) is 11.3 Å². The normalized spacial score (nSPS) is 14.3. The Balaban J connectivity index is 1.42. The number of nitrogens with zero attached hydrogens (tertiary/aromatic N) is 3. The number of carbonyl (C=O) groups excluding carboxylic acids is 1. The van der Waals surface area contributed by atoms with Crippen molar-refractivity contribution in [2.24, 2.45) is 0 Å². The summed E-state index contributed by atoms with van der Waals surface area (Å²) in [6.07, 6.45) is 6.60. The summed E-state index contributed by atoms with van der Waals surface area (Å²) in [5.74, 6) is 0.662. The van der Waals surface area contributed by atoms with Crippen LogP contribution in [0.2, 0.25) is 0 Å². The summed E-state index contributed by atoms with van der Waals surface area (Å²) in [6.45, 7) is 4.41. The van der Waals surface area contributed by atoms with Gasteiger partial charge in [0, 0.05) is 16.6 Å². The van der Waals surface area contributed by atoms with Gasteiger partial charge in [-0.05, 0) is 75.4 Å². The Morgan fingerprint density at radius 1 is 1.21 bits per heavy atom. The van der Waals surface area contributed by atoms with E-state index < -0.39 is 5.25 Å². The number of pyridine rings is 1. The van der Waals surface area contributed by atoms with Crippen molar-refractivity contribution in [2.75, 3.05) is 11.9 Å². The Labute approximate surface area is 208 Å². The van der Waals surface area contributed by atoms with Gasteiger partial charge in [0.15, 0.2) is 5.13 Å². The quantitative estimate of drug-likeness (QED) is 0.392. The Bertz CT molecular complexity index is 1180. The minimum atomic E-state index is -0.413. The number of anilines is 1. The molecule has 6 nitrogen and oxygen atoms in total. The number of fused-ring (bicyclic) bond motifs is 1. The lowest BCUT2D eigenvalue weighted by Gasteiger charge is -2.16. The summed E-state index contributed by atoms with van der Waals surface area (Å²) >= 11 is 2.72. The second kappa shape index (κ2) is 11.5. The minimum Gasteiger partial charge on any atom is -0.494 e. The molecule has 0 aliphatic heterocycles. The molecular weight excluding hydrogens is 464 g/mol. The zero-order valence-corrected chi connectivity index (χ0v) is 21.1. The van der Waals surface area contributed by atoms with Crippen LogP contribution in [0.1, 0.15) is 56.4 Å². The van der Waals surface area contributed by atoms with Crippen LogP contribution in [0.3, 0.4) is 0 Å². The largest absolute Gasteiger partial charge is 0.494 e. The zero-order chi connectivity index (χ0) is 23.9. The molecule has 2 heterocycles. The summed E-state index contributed by atoms with van der Waals surface area (Å²) in [6, 6.07) is 12.0. The Morgan fingerprint density at radius 3 is 2.71 bits per heavy atom. The van der Waals surface area contributed by atoms with Crippen molar-refractivity contribution in [1.82, 2.24) is 9.97 Å². The fourth-order valence-electron chi connectivity index (χ4n) is 3.92. The number of aromatic nitrogens is 2. The summed E-state index contributed by atoms with van der Waals surface area (Å²) in [4.78, 5) is 22.3. The highest BCUT2D eigenvalue weighted by molar-refractivity contribution is 8.00. The molecule has 34 heavy (non-hydrogen) atoms. The summed E-state index contributed by atoms with van der Waals surface area (Å²) < 4.78 is 5.49. The molecule has 8 heteroatoms. The molecule has 1 aliphatic rings. The maximum absolute atomic E-state index is 12.9. The molecular formula is C26H28N4O2S2. The van der Waals surface area contributed by atoms with Gasteiger partial charge in [0.05, 0.1) is 23.1 Å². The van der Waals surface area contributed by atoms with E-state index in [1.165, 1.54) is 41.5 Å². The average molecular weight is 493 g/mol. The van der Waals surface area contributed by atoms with Crippen LogP contribution in [0.4, 0.5) is 5.13 Å². The van der Waals surface area contributed by atoms with Crippen LogP contribution in [0.15, 0.2) is 40.7 Å². The molecule has 0 spiro atoms. The molecule has 0 saturated carbocycles. The highest BCUT2D eigenvalue weighted by atomic mass is 32.2. The van der Waals surface area contributed by atoms with Crippen LogP contribution in [-0.4, -0.2) is 27.7 Å². The molecule has 0 bridgehead atoms. The topological polar surface area (TPSA) is 87.9 Å². The number of benzene rings is 1. The fraction of sp³-hybridized carbons (Fsp3) is 0.385. The highest BCUT2D eigenvalue weighted by Crippen LogP contribution is 2.31. The number of aryl methyl sites for hydroxylation is 2. The van der Waals surface area contributed by atoms with Crippen molar-refractivity contribution >= 4 is 34.1 Å². The van der Waals surface area contributed by atoms with Crippen LogP contribution in [-0.2, 0) is 17.6 Å². The van der Waals surface area contributed by atoms with E-state index >= 15 is 0 Å². The Kier molecular flexibility index (Phi) is 8.20. The van der Waals surface area contributed by atoms with Crippen molar-refractivity contribution in [2.45, 2.75) is 62.6 Å². The number of hydrogen-bond acceptors (Lipinski definition) is 7. The van der Waals surface area contributed by atoms with Gasteiger partial charge in [-0.3, -0.25) is 4.79 Å². The van der Waals surface area contributed by atoms with E-state index in [0.717, 1.165) is 48.4 Å². The molecule has 0 fully saturated rings. The lowest BCUT2D eigenvalue weighted by atomic mass is 9.96. The van der Waals surface area contributed by atoms with E-state index in [-0.39, 0.29) is 5.91 Å². The lowest BCUT2D eigenvalue weighted by Crippen LogP contribution is -2.22. The molecule has 1 N–H and O–H groups in total. The van der Waals surface area contributed by atoms with E-state index in [9.17, 15) is 10.1 Å². The zero-order valence-electron chi connectivity index (χ0n) is 19.5. The van der Waals surface area contributed by atoms with Gasteiger partial charge in [-0.1, -0.05) is 24.6 Å². The van der Waals surface area contributed by atoms with Gasteiger partial charge in [0.1, 0.15) is 16.8 Å². The average Bonchev–Trinajstić information content (AvgIpc) is 3.29. The van der Waals surface area contributed by atoms with Crippen molar-refractivity contribution in [3.63, 3.8) is 0 Å². The molecule has 4 rings (SSSR count). The number of amides is 1. The van der Waals surface area contributed by atoms with Crippen molar-refractivity contribution in [3.8, 4) is 23.1 Å². The molecule has 1 atom stereocenters. The number of carbonyl (C=O) groups is 1. The monoisotopic (exact) mass is 492 g/mol. The molecule has 0 radical (unpaired) electrons. The maximum Gasteiger partial charge on any atom is 0.239 e. The van der Waals surface area contributed by atoms with Gasteiger partial charge in [-0.2, -0.15) is 5.26 Å². The third-order valence-electron chi connectivity index (χ3n) is 5.74. The second-order valence-electron chi connectivity index (χ2n) is 8.22. The van der Waals surface area contributed by atoms with Gasteiger partial charge < -0.3 is 10.1 Å². The van der Waals surface area contributed by atoms with Crippen LogP contribution in [0, 0.1) is 11.3 Å². The Morgan fingerprint density at radius 2 is 1.97 bits per heavy atom. The molecule has 3 aromatic rings. The number of nitriles is 1. The molecule has 1 aliphatic carbocycles. The first kappa shape index (κ1) is 24.2. The van der Waals surface area contributed by atoms with Crippen LogP contribution in [0.25, 0.3) is 11.3 Å². The van der Waals surface area contributed by atoms with E-state index in [1.54, 1.807) is 0 Å². The number of thiazole rings is 1. The summed E-state index contributed by atoms with van der Waals surface area (Å²) in [5.41, 5.74) is 4.58. The van der Waals surface area contributed by atoms with Gasteiger partial charge in [0.25, 0.3) is 0 Å². The van der Waals surface area contributed by atoms with Crippen molar-refractivity contribution < 1.29 is 9.53 Å². The van der Waals surface area contributed by atoms with Crippen molar-refractivity contribution in [3.05, 3.63) is 52.5 Å². The molecule has 0 saturated heterocycles. The summed E-state index contributed by atoms with van der Waals surface area (Å²) in [5, 5.41) is 15.3. The van der Waals surface area contributed by atoms with E-state index in [4.69, 9.17) is 9.72 Å². The molecule has 1 unspecified atom stereocenters. The van der Waals surface area contributed by atoms with Gasteiger partial charge in [0.2, 0.25) is 5.91 Å². The van der Waals surface area contributed by atoms with Crippen LogP contribution >= 0.6 is 23.1 Å². The SMILES string of the molecule is CCOc1ccc(-c2csc(NC(=O)C(C)Sc3nc4c(cc3C#N)CCCCCC4)n2)cc1. The third kappa shape index (κ3) is 5.96. The highest BCUT2D eigenvalue weighted by Gasteiger charge is 2.21. The number of thioether (sulfide) groups is 1. The fourth-order valence-corrected chi connectivity index (χ4v) is 5.54. The first-order valence-corrected chi connectivity index (χ1v) is 13.4. The van der Waals surface area contributed by atoms with Crippen LogP contribution < -0.4 is 10.1 Å². The predicted octanol–water partition coefficient (Wildman–Crippen LogP) is 6.25. The number of nitrogens with one attached hydrogen (secondary N) is 1. The second-order valence-corrected chi connectivity index (χ2v) is 10.4. The van der Waals surface area contributed by atoms with Gasteiger partial charge >= 0.3 is 0 Å².